The Balaban J connectivity index is 2.11. The highest BCUT2D eigenvalue weighted by atomic mass is 79.9. The van der Waals surface area contributed by atoms with E-state index in [2.05, 4.69) is 21.2 Å². The largest absolute Gasteiger partial charge is 0.493 e. The number of hydrogen-bond acceptors (Lipinski definition) is 3. The number of halogens is 1. The first-order valence-corrected chi connectivity index (χ1v) is 7.21. The molecule has 0 aliphatic carbocycles. The third-order valence-electron chi connectivity index (χ3n) is 2.95. The maximum atomic E-state index is 5.85. The molecule has 0 atom stereocenters. The fourth-order valence-corrected chi connectivity index (χ4v) is 2.32. The Kier molecular flexibility index (Phi) is 5.44. The molecule has 0 saturated carbocycles. The van der Waals surface area contributed by atoms with Crippen molar-refractivity contribution in [1.82, 2.24) is 5.32 Å². The lowest BCUT2D eigenvalue weighted by Crippen LogP contribution is -2.05. The Morgan fingerprint density at radius 1 is 1.10 bits per heavy atom. The van der Waals surface area contributed by atoms with Gasteiger partial charge in [-0.05, 0) is 30.8 Å². The fourth-order valence-electron chi connectivity index (χ4n) is 1.92. The number of nitrogens with one attached hydrogen (secondary N) is 1. The SMILES string of the molecule is CNCc1ccc(OCc2ccccc2Br)c(OC)c1. The first-order chi connectivity index (χ1) is 9.74. The molecule has 0 amide bonds. The van der Waals surface area contributed by atoms with Crippen LogP contribution in [0.25, 0.3) is 0 Å². The van der Waals surface area contributed by atoms with E-state index < -0.39 is 0 Å². The summed E-state index contributed by atoms with van der Waals surface area (Å²) in [4.78, 5) is 0. The van der Waals surface area contributed by atoms with E-state index in [1.807, 2.05) is 49.5 Å². The van der Waals surface area contributed by atoms with Crippen LogP contribution in [-0.2, 0) is 13.2 Å². The summed E-state index contributed by atoms with van der Waals surface area (Å²) in [6.07, 6.45) is 0. The average molecular weight is 336 g/mol. The molecule has 0 aliphatic heterocycles. The Morgan fingerprint density at radius 3 is 2.60 bits per heavy atom. The molecule has 0 spiro atoms. The van der Waals surface area contributed by atoms with Crippen LogP contribution in [0.15, 0.2) is 46.9 Å². The normalized spacial score (nSPS) is 10.3. The van der Waals surface area contributed by atoms with Gasteiger partial charge in [0.2, 0.25) is 0 Å². The molecule has 2 aromatic carbocycles. The Labute approximate surface area is 128 Å². The summed E-state index contributed by atoms with van der Waals surface area (Å²) in [5.74, 6) is 1.51. The highest BCUT2D eigenvalue weighted by molar-refractivity contribution is 9.10. The standard InChI is InChI=1S/C16H18BrNO2/c1-18-10-12-7-8-15(16(9-12)19-2)20-11-13-5-3-4-6-14(13)17/h3-9,18H,10-11H2,1-2H3. The minimum atomic E-state index is 0.503. The van der Waals surface area contributed by atoms with Gasteiger partial charge in [-0.1, -0.05) is 40.2 Å². The molecule has 0 fully saturated rings. The molecule has 0 unspecified atom stereocenters. The summed E-state index contributed by atoms with van der Waals surface area (Å²) in [5, 5.41) is 3.12. The molecule has 4 heteroatoms. The lowest BCUT2D eigenvalue weighted by Gasteiger charge is -2.13. The molecule has 0 aliphatic rings. The lowest BCUT2D eigenvalue weighted by molar-refractivity contribution is 0.283. The van der Waals surface area contributed by atoms with Crippen molar-refractivity contribution in [3.8, 4) is 11.5 Å². The zero-order chi connectivity index (χ0) is 14.4. The second kappa shape index (κ2) is 7.31. The van der Waals surface area contributed by atoms with Crippen LogP contribution in [0.3, 0.4) is 0 Å². The summed E-state index contributed by atoms with van der Waals surface area (Å²) in [7, 11) is 3.58. The first kappa shape index (κ1) is 14.9. The second-order valence-corrected chi connectivity index (χ2v) is 5.25. The van der Waals surface area contributed by atoms with Crippen LogP contribution in [0.4, 0.5) is 0 Å². The number of ether oxygens (including phenoxy) is 2. The highest BCUT2D eigenvalue weighted by Gasteiger charge is 2.07. The maximum absolute atomic E-state index is 5.85. The molecule has 106 valence electrons. The van der Waals surface area contributed by atoms with Crippen LogP contribution in [0.1, 0.15) is 11.1 Å². The van der Waals surface area contributed by atoms with Gasteiger partial charge in [-0.3, -0.25) is 0 Å². The third kappa shape index (κ3) is 3.74. The van der Waals surface area contributed by atoms with Gasteiger partial charge in [0, 0.05) is 16.6 Å². The lowest BCUT2D eigenvalue weighted by atomic mass is 10.2. The molecule has 0 aromatic heterocycles. The first-order valence-electron chi connectivity index (χ1n) is 6.42. The van der Waals surface area contributed by atoms with Crippen molar-refractivity contribution < 1.29 is 9.47 Å². The number of benzene rings is 2. The molecular formula is C16H18BrNO2. The zero-order valence-electron chi connectivity index (χ0n) is 11.7. The Hall–Kier alpha value is -1.52. The Morgan fingerprint density at radius 2 is 1.90 bits per heavy atom. The van der Waals surface area contributed by atoms with Crippen LogP contribution >= 0.6 is 15.9 Å². The Bertz CT molecular complexity index is 572. The second-order valence-electron chi connectivity index (χ2n) is 4.40. The molecule has 0 saturated heterocycles. The van der Waals surface area contributed by atoms with E-state index in [1.165, 1.54) is 0 Å². The van der Waals surface area contributed by atoms with Gasteiger partial charge in [0.05, 0.1) is 7.11 Å². The predicted octanol–water partition coefficient (Wildman–Crippen LogP) is 3.76. The van der Waals surface area contributed by atoms with Crippen LogP contribution in [0.2, 0.25) is 0 Å². The van der Waals surface area contributed by atoms with Crippen LogP contribution in [-0.4, -0.2) is 14.2 Å². The molecule has 0 radical (unpaired) electrons. The maximum Gasteiger partial charge on any atom is 0.161 e. The third-order valence-corrected chi connectivity index (χ3v) is 3.72. The fraction of sp³-hybridized carbons (Fsp3) is 0.250. The van der Waals surface area contributed by atoms with Crippen molar-refractivity contribution in [3.63, 3.8) is 0 Å². The summed E-state index contributed by atoms with van der Waals surface area (Å²) >= 11 is 3.52. The highest BCUT2D eigenvalue weighted by Crippen LogP contribution is 2.29. The summed E-state index contributed by atoms with van der Waals surface area (Å²) in [5.41, 5.74) is 2.27. The minimum Gasteiger partial charge on any atom is -0.493 e. The van der Waals surface area contributed by atoms with Gasteiger partial charge in [0.15, 0.2) is 11.5 Å². The van der Waals surface area contributed by atoms with E-state index in [-0.39, 0.29) is 0 Å². The van der Waals surface area contributed by atoms with Crippen LogP contribution in [0.5, 0.6) is 11.5 Å². The van der Waals surface area contributed by atoms with E-state index in [4.69, 9.17) is 9.47 Å². The van der Waals surface area contributed by atoms with Crippen molar-refractivity contribution in [2.45, 2.75) is 13.2 Å². The van der Waals surface area contributed by atoms with Gasteiger partial charge < -0.3 is 14.8 Å². The summed E-state index contributed by atoms with van der Waals surface area (Å²) in [6, 6.07) is 14.0. The van der Waals surface area contributed by atoms with Crippen LogP contribution < -0.4 is 14.8 Å². The monoisotopic (exact) mass is 335 g/mol. The number of methoxy groups -OCH3 is 1. The van der Waals surface area contributed by atoms with E-state index in [1.54, 1.807) is 7.11 Å². The molecular weight excluding hydrogens is 318 g/mol. The molecule has 2 rings (SSSR count). The van der Waals surface area contributed by atoms with Gasteiger partial charge in [0.1, 0.15) is 6.61 Å². The van der Waals surface area contributed by atoms with Crippen molar-refractivity contribution in [2.75, 3.05) is 14.2 Å². The molecule has 1 N–H and O–H groups in total. The molecule has 0 heterocycles. The van der Waals surface area contributed by atoms with E-state index >= 15 is 0 Å². The van der Waals surface area contributed by atoms with Crippen molar-refractivity contribution in [1.29, 1.82) is 0 Å². The van der Waals surface area contributed by atoms with E-state index in [0.29, 0.717) is 6.61 Å². The molecule has 0 bridgehead atoms. The van der Waals surface area contributed by atoms with Gasteiger partial charge in [-0.2, -0.15) is 0 Å². The minimum absolute atomic E-state index is 0.503. The molecule has 2 aromatic rings. The van der Waals surface area contributed by atoms with Crippen molar-refractivity contribution in [2.24, 2.45) is 0 Å². The average Bonchev–Trinajstić information content (AvgIpc) is 2.47. The zero-order valence-corrected chi connectivity index (χ0v) is 13.2. The van der Waals surface area contributed by atoms with E-state index in [9.17, 15) is 0 Å². The summed E-state index contributed by atoms with van der Waals surface area (Å²) in [6.45, 7) is 1.31. The van der Waals surface area contributed by atoms with Gasteiger partial charge in [-0.25, -0.2) is 0 Å². The smallest absolute Gasteiger partial charge is 0.161 e. The number of rotatable bonds is 6. The topological polar surface area (TPSA) is 30.5 Å². The number of hydrogen-bond donors (Lipinski definition) is 1. The van der Waals surface area contributed by atoms with Gasteiger partial charge in [0.25, 0.3) is 0 Å². The quantitative estimate of drug-likeness (QED) is 0.871. The molecule has 3 nitrogen and oxygen atoms in total. The summed E-state index contributed by atoms with van der Waals surface area (Å²) < 4.78 is 12.3. The predicted molar refractivity (Wildman–Crippen MR) is 84.2 cm³/mol. The van der Waals surface area contributed by atoms with Crippen molar-refractivity contribution in [3.05, 3.63) is 58.1 Å². The van der Waals surface area contributed by atoms with Crippen LogP contribution in [0, 0.1) is 0 Å². The molecule has 20 heavy (non-hydrogen) atoms. The van der Waals surface area contributed by atoms with Crippen molar-refractivity contribution >= 4 is 15.9 Å². The van der Waals surface area contributed by atoms with Gasteiger partial charge >= 0.3 is 0 Å². The van der Waals surface area contributed by atoms with Gasteiger partial charge in [-0.15, -0.1) is 0 Å². The van der Waals surface area contributed by atoms with E-state index in [0.717, 1.165) is 33.6 Å².